The van der Waals surface area contributed by atoms with Crippen molar-refractivity contribution in [3.63, 3.8) is 0 Å². The Kier molecular flexibility index (Phi) is 4.49. The van der Waals surface area contributed by atoms with Crippen molar-refractivity contribution in [3.8, 4) is 11.1 Å². The average molecular weight is 376 g/mol. The Morgan fingerprint density at radius 3 is 2.56 bits per heavy atom. The molecule has 6 heteroatoms. The molecule has 2 aromatic heterocycles. The maximum atomic E-state index is 11.2. The third-order valence-corrected chi connectivity index (χ3v) is 5.55. The summed E-state index contributed by atoms with van der Waals surface area (Å²) in [5, 5.41) is 4.96. The van der Waals surface area contributed by atoms with Gasteiger partial charge in [-0.25, -0.2) is 9.97 Å². The lowest BCUT2D eigenvalue weighted by atomic mass is 10.0. The molecule has 1 amide bonds. The Balaban J connectivity index is 1.78. The van der Waals surface area contributed by atoms with Crippen LogP contribution < -0.4 is 11.1 Å². The molecule has 4 aromatic rings. The normalized spacial score (nSPS) is 11.2. The van der Waals surface area contributed by atoms with Crippen LogP contribution in [0, 0.1) is 0 Å². The molecule has 0 fully saturated rings. The van der Waals surface area contributed by atoms with Gasteiger partial charge in [-0.1, -0.05) is 31.2 Å². The molecule has 0 radical (unpaired) electrons. The number of aromatic nitrogens is 2. The highest BCUT2D eigenvalue weighted by molar-refractivity contribution is 7.19. The van der Waals surface area contributed by atoms with E-state index in [1.54, 1.807) is 11.3 Å². The van der Waals surface area contributed by atoms with Gasteiger partial charge in [0.15, 0.2) is 5.82 Å². The molecule has 0 saturated carbocycles. The SMILES string of the molecule is CCCc1nc2c(N)nc3cc(-c4ccc(NC(C)=O)cc4)ccc3c2s1. The van der Waals surface area contributed by atoms with Gasteiger partial charge in [0.05, 0.1) is 15.2 Å². The van der Waals surface area contributed by atoms with E-state index in [1.165, 1.54) is 6.92 Å². The zero-order valence-electron chi connectivity index (χ0n) is 15.2. The fourth-order valence-corrected chi connectivity index (χ4v) is 4.38. The van der Waals surface area contributed by atoms with E-state index in [9.17, 15) is 4.79 Å². The summed E-state index contributed by atoms with van der Waals surface area (Å²) in [5.41, 5.74) is 10.8. The molecule has 2 aromatic carbocycles. The number of thiazole rings is 1. The number of nitrogen functional groups attached to an aromatic ring is 1. The molecule has 5 nitrogen and oxygen atoms in total. The van der Waals surface area contributed by atoms with E-state index >= 15 is 0 Å². The third kappa shape index (κ3) is 3.36. The van der Waals surface area contributed by atoms with E-state index < -0.39 is 0 Å². The molecule has 3 N–H and O–H groups in total. The quantitative estimate of drug-likeness (QED) is 0.525. The van der Waals surface area contributed by atoms with Gasteiger partial charge in [0, 0.05) is 18.0 Å². The number of nitrogens with zero attached hydrogens (tertiary/aromatic N) is 2. The number of rotatable bonds is 4. The first-order chi connectivity index (χ1) is 13.0. The van der Waals surface area contributed by atoms with Gasteiger partial charge in [0.2, 0.25) is 5.91 Å². The van der Waals surface area contributed by atoms with Crippen LogP contribution in [0.3, 0.4) is 0 Å². The van der Waals surface area contributed by atoms with Crippen LogP contribution >= 0.6 is 11.3 Å². The summed E-state index contributed by atoms with van der Waals surface area (Å²) in [5.74, 6) is 0.401. The number of anilines is 2. The fourth-order valence-electron chi connectivity index (χ4n) is 3.17. The average Bonchev–Trinajstić information content (AvgIpc) is 3.06. The number of fused-ring (bicyclic) bond motifs is 3. The Morgan fingerprint density at radius 1 is 1.11 bits per heavy atom. The van der Waals surface area contributed by atoms with Crippen molar-refractivity contribution in [1.82, 2.24) is 9.97 Å². The van der Waals surface area contributed by atoms with Crippen LogP contribution in [-0.2, 0) is 11.2 Å². The van der Waals surface area contributed by atoms with Crippen molar-refractivity contribution >= 4 is 49.9 Å². The summed E-state index contributed by atoms with van der Waals surface area (Å²) in [6.45, 7) is 3.65. The van der Waals surface area contributed by atoms with Crippen LogP contribution in [0.25, 0.3) is 32.2 Å². The third-order valence-electron chi connectivity index (χ3n) is 4.40. The first-order valence-corrected chi connectivity index (χ1v) is 9.73. The number of pyridine rings is 1. The zero-order valence-corrected chi connectivity index (χ0v) is 16.1. The van der Waals surface area contributed by atoms with Crippen molar-refractivity contribution in [3.05, 3.63) is 47.5 Å². The summed E-state index contributed by atoms with van der Waals surface area (Å²) in [6.07, 6.45) is 2.02. The van der Waals surface area contributed by atoms with Crippen LogP contribution in [0.15, 0.2) is 42.5 Å². The van der Waals surface area contributed by atoms with Crippen LogP contribution in [0.5, 0.6) is 0 Å². The van der Waals surface area contributed by atoms with Gasteiger partial charge >= 0.3 is 0 Å². The van der Waals surface area contributed by atoms with Gasteiger partial charge in [-0.3, -0.25) is 4.79 Å². The molecule has 2 heterocycles. The van der Waals surface area contributed by atoms with Crippen molar-refractivity contribution < 1.29 is 4.79 Å². The molecule has 0 atom stereocenters. The van der Waals surface area contributed by atoms with E-state index in [0.717, 1.165) is 55.8 Å². The molecule has 0 aliphatic heterocycles. The number of carbonyl (C=O) groups is 1. The Labute approximate surface area is 161 Å². The second-order valence-electron chi connectivity index (χ2n) is 6.52. The van der Waals surface area contributed by atoms with Crippen LogP contribution in [0.4, 0.5) is 11.5 Å². The van der Waals surface area contributed by atoms with Gasteiger partial charge < -0.3 is 11.1 Å². The number of benzene rings is 2. The molecule has 0 bridgehead atoms. The van der Waals surface area contributed by atoms with Crippen LogP contribution in [0.1, 0.15) is 25.3 Å². The smallest absolute Gasteiger partial charge is 0.221 e. The summed E-state index contributed by atoms with van der Waals surface area (Å²) in [4.78, 5) is 20.4. The second kappa shape index (κ2) is 6.96. The monoisotopic (exact) mass is 376 g/mol. The number of amides is 1. The van der Waals surface area contributed by atoms with E-state index in [1.807, 2.05) is 24.3 Å². The zero-order chi connectivity index (χ0) is 19.0. The minimum atomic E-state index is -0.0795. The molecular weight excluding hydrogens is 356 g/mol. The largest absolute Gasteiger partial charge is 0.382 e. The molecule has 27 heavy (non-hydrogen) atoms. The van der Waals surface area contributed by atoms with Crippen LogP contribution in [0.2, 0.25) is 0 Å². The van der Waals surface area contributed by atoms with Gasteiger partial charge in [-0.05, 0) is 42.2 Å². The number of nitrogens with two attached hydrogens (primary N) is 1. The maximum absolute atomic E-state index is 11.2. The molecule has 0 aliphatic carbocycles. The van der Waals surface area contributed by atoms with Crippen molar-refractivity contribution in [1.29, 1.82) is 0 Å². The topological polar surface area (TPSA) is 80.9 Å². The van der Waals surface area contributed by atoms with E-state index in [0.29, 0.717) is 5.82 Å². The minimum Gasteiger partial charge on any atom is -0.382 e. The molecule has 136 valence electrons. The van der Waals surface area contributed by atoms with Crippen LogP contribution in [-0.4, -0.2) is 15.9 Å². The van der Waals surface area contributed by atoms with Gasteiger partial charge in [-0.2, -0.15) is 0 Å². The number of hydrogen-bond acceptors (Lipinski definition) is 5. The van der Waals surface area contributed by atoms with Gasteiger partial charge in [0.25, 0.3) is 0 Å². The van der Waals surface area contributed by atoms with E-state index in [-0.39, 0.29) is 5.91 Å². The molecule has 0 saturated heterocycles. The predicted octanol–water partition coefficient (Wildman–Crippen LogP) is 5.00. The Hall–Kier alpha value is -2.99. The van der Waals surface area contributed by atoms with Crippen molar-refractivity contribution in [2.24, 2.45) is 0 Å². The van der Waals surface area contributed by atoms with Crippen molar-refractivity contribution in [2.75, 3.05) is 11.1 Å². The maximum Gasteiger partial charge on any atom is 0.221 e. The van der Waals surface area contributed by atoms with E-state index in [4.69, 9.17) is 5.73 Å². The molecule has 0 unspecified atom stereocenters. The summed E-state index contributed by atoms with van der Waals surface area (Å²) in [7, 11) is 0. The van der Waals surface area contributed by atoms with E-state index in [2.05, 4.69) is 40.4 Å². The van der Waals surface area contributed by atoms with Gasteiger partial charge in [0.1, 0.15) is 5.52 Å². The molecular formula is C21H20N4OS. The summed E-state index contributed by atoms with van der Waals surface area (Å²) < 4.78 is 1.11. The Morgan fingerprint density at radius 2 is 1.85 bits per heavy atom. The Bertz CT molecular complexity index is 1150. The lowest BCUT2D eigenvalue weighted by molar-refractivity contribution is -0.114. The predicted molar refractivity (Wildman–Crippen MR) is 113 cm³/mol. The second-order valence-corrected chi connectivity index (χ2v) is 7.61. The standard InChI is InChI=1S/C21H20N4OS/c1-3-4-18-25-19-20(27-18)16-10-7-14(11-17(16)24-21(19)22)13-5-8-15(9-6-13)23-12(2)26/h5-11H,3-4H2,1-2H3,(H2,22,24)(H,23,26). The number of aryl methyl sites for hydroxylation is 1. The molecule has 4 rings (SSSR count). The molecule has 0 aliphatic rings. The highest BCUT2D eigenvalue weighted by atomic mass is 32.1. The summed E-state index contributed by atoms with van der Waals surface area (Å²) >= 11 is 1.70. The number of nitrogens with one attached hydrogen (secondary N) is 1. The highest BCUT2D eigenvalue weighted by Crippen LogP contribution is 2.35. The van der Waals surface area contributed by atoms with Gasteiger partial charge in [-0.15, -0.1) is 11.3 Å². The fraction of sp³-hybridized carbons (Fsp3) is 0.190. The first-order valence-electron chi connectivity index (χ1n) is 8.92. The summed E-state index contributed by atoms with van der Waals surface area (Å²) in [6, 6.07) is 14.0. The highest BCUT2D eigenvalue weighted by Gasteiger charge is 2.13. The lowest BCUT2D eigenvalue weighted by Crippen LogP contribution is -2.05. The number of hydrogen-bond donors (Lipinski definition) is 2. The first kappa shape index (κ1) is 17.4. The number of carbonyl (C=O) groups excluding carboxylic acids is 1. The lowest BCUT2D eigenvalue weighted by Gasteiger charge is -2.07. The van der Waals surface area contributed by atoms with Crippen molar-refractivity contribution in [2.45, 2.75) is 26.7 Å². The molecule has 0 spiro atoms. The minimum absolute atomic E-state index is 0.0795.